The van der Waals surface area contributed by atoms with Crippen molar-refractivity contribution in [3.8, 4) is 0 Å². The van der Waals surface area contributed by atoms with Crippen molar-refractivity contribution in [1.82, 2.24) is 9.80 Å². The van der Waals surface area contributed by atoms with Crippen LogP contribution in [0.3, 0.4) is 0 Å². The SMILES string of the molecule is CC1CN(C)CCN1CCC(O)c1cccc(F)c1F. The van der Waals surface area contributed by atoms with Gasteiger partial charge in [0.05, 0.1) is 6.10 Å². The highest BCUT2D eigenvalue weighted by molar-refractivity contribution is 5.21. The Bertz CT molecular complexity index is 455. The molecule has 0 radical (unpaired) electrons. The topological polar surface area (TPSA) is 26.7 Å². The quantitative estimate of drug-likeness (QED) is 0.916. The van der Waals surface area contributed by atoms with Gasteiger partial charge < -0.3 is 10.0 Å². The zero-order valence-electron chi connectivity index (χ0n) is 12.0. The Morgan fingerprint density at radius 2 is 2.10 bits per heavy atom. The number of hydrogen-bond acceptors (Lipinski definition) is 3. The molecule has 1 fully saturated rings. The fourth-order valence-corrected chi connectivity index (χ4v) is 2.73. The molecule has 20 heavy (non-hydrogen) atoms. The maximum atomic E-state index is 13.6. The van der Waals surface area contributed by atoms with Gasteiger partial charge in [0.15, 0.2) is 11.6 Å². The third kappa shape index (κ3) is 3.53. The molecule has 0 saturated carbocycles. The normalized spacial score (nSPS) is 22.9. The summed E-state index contributed by atoms with van der Waals surface area (Å²) in [6, 6.07) is 4.35. The Morgan fingerprint density at radius 1 is 1.35 bits per heavy atom. The number of nitrogens with zero attached hydrogens (tertiary/aromatic N) is 2. The summed E-state index contributed by atoms with van der Waals surface area (Å²) < 4.78 is 26.7. The number of piperazine rings is 1. The van der Waals surface area contributed by atoms with Crippen LogP contribution in [0.15, 0.2) is 18.2 Å². The molecule has 1 heterocycles. The van der Waals surface area contributed by atoms with Crippen LogP contribution in [-0.2, 0) is 0 Å². The molecule has 1 aliphatic rings. The summed E-state index contributed by atoms with van der Waals surface area (Å²) in [5, 5.41) is 10.1. The van der Waals surface area contributed by atoms with Crippen LogP contribution in [0.4, 0.5) is 8.78 Å². The number of aliphatic hydroxyl groups excluding tert-OH is 1. The lowest BCUT2D eigenvalue weighted by molar-refractivity contribution is 0.0759. The molecule has 1 aromatic carbocycles. The number of halogens is 2. The maximum absolute atomic E-state index is 13.6. The number of aliphatic hydroxyl groups is 1. The van der Waals surface area contributed by atoms with Crippen molar-refractivity contribution in [2.45, 2.75) is 25.5 Å². The van der Waals surface area contributed by atoms with Gasteiger partial charge in [-0.3, -0.25) is 4.90 Å². The Kier molecular flexibility index (Phi) is 5.07. The molecule has 0 aromatic heterocycles. The summed E-state index contributed by atoms with van der Waals surface area (Å²) in [5.74, 6) is -1.85. The number of likely N-dealkylation sites (N-methyl/N-ethyl adjacent to an activating group) is 1. The van der Waals surface area contributed by atoms with Crippen molar-refractivity contribution in [1.29, 1.82) is 0 Å². The second-order valence-electron chi connectivity index (χ2n) is 5.59. The summed E-state index contributed by atoms with van der Waals surface area (Å²) in [6.07, 6.45) is -0.549. The molecular weight excluding hydrogens is 262 g/mol. The molecule has 1 N–H and O–H groups in total. The van der Waals surface area contributed by atoms with Crippen LogP contribution in [0.25, 0.3) is 0 Å². The zero-order chi connectivity index (χ0) is 14.7. The van der Waals surface area contributed by atoms with Gasteiger partial charge in [0.25, 0.3) is 0 Å². The summed E-state index contributed by atoms with van der Waals surface area (Å²) >= 11 is 0. The van der Waals surface area contributed by atoms with E-state index in [2.05, 4.69) is 23.8 Å². The van der Waals surface area contributed by atoms with Crippen molar-refractivity contribution < 1.29 is 13.9 Å². The summed E-state index contributed by atoms with van der Waals surface area (Å²) in [7, 11) is 2.09. The predicted octanol–water partition coefficient (Wildman–Crippen LogP) is 2.02. The molecule has 1 saturated heterocycles. The third-order valence-corrected chi connectivity index (χ3v) is 4.00. The van der Waals surface area contributed by atoms with Crippen LogP contribution in [0.1, 0.15) is 25.0 Å². The molecule has 2 rings (SSSR count). The molecule has 0 aliphatic carbocycles. The molecule has 112 valence electrons. The lowest BCUT2D eigenvalue weighted by Gasteiger charge is -2.38. The van der Waals surface area contributed by atoms with E-state index in [4.69, 9.17) is 0 Å². The van der Waals surface area contributed by atoms with E-state index in [1.54, 1.807) is 0 Å². The van der Waals surface area contributed by atoms with Crippen LogP contribution in [0.2, 0.25) is 0 Å². The van der Waals surface area contributed by atoms with Crippen LogP contribution >= 0.6 is 0 Å². The Balaban J connectivity index is 1.92. The predicted molar refractivity (Wildman–Crippen MR) is 74.5 cm³/mol. The van der Waals surface area contributed by atoms with Gasteiger partial charge in [0.1, 0.15) is 0 Å². The smallest absolute Gasteiger partial charge is 0.164 e. The lowest BCUT2D eigenvalue weighted by Crippen LogP contribution is -2.50. The largest absolute Gasteiger partial charge is 0.388 e. The minimum atomic E-state index is -0.961. The average molecular weight is 284 g/mol. The average Bonchev–Trinajstić information content (AvgIpc) is 2.40. The van der Waals surface area contributed by atoms with E-state index in [0.29, 0.717) is 19.0 Å². The van der Waals surface area contributed by atoms with E-state index in [1.165, 1.54) is 12.1 Å². The standard InChI is InChI=1S/C15H22F2N2O/c1-11-10-18(2)8-9-19(11)7-6-14(20)12-4-3-5-13(16)15(12)17/h3-5,11,14,20H,6-10H2,1-2H3. The number of hydrogen-bond donors (Lipinski definition) is 1. The van der Waals surface area contributed by atoms with Gasteiger partial charge in [-0.05, 0) is 26.5 Å². The second kappa shape index (κ2) is 6.61. The van der Waals surface area contributed by atoms with Gasteiger partial charge in [0, 0.05) is 37.8 Å². The molecule has 1 aliphatic heterocycles. The van der Waals surface area contributed by atoms with Crippen molar-refractivity contribution in [2.75, 3.05) is 33.2 Å². The first-order chi connectivity index (χ1) is 9.49. The first-order valence-electron chi connectivity index (χ1n) is 7.03. The fraction of sp³-hybridized carbons (Fsp3) is 0.600. The van der Waals surface area contributed by atoms with Crippen LogP contribution in [-0.4, -0.2) is 54.2 Å². The highest BCUT2D eigenvalue weighted by Gasteiger charge is 2.23. The second-order valence-corrected chi connectivity index (χ2v) is 5.59. The van der Waals surface area contributed by atoms with E-state index in [-0.39, 0.29) is 5.56 Å². The van der Waals surface area contributed by atoms with Crippen molar-refractivity contribution in [3.63, 3.8) is 0 Å². The molecule has 1 aromatic rings. The van der Waals surface area contributed by atoms with Crippen molar-refractivity contribution >= 4 is 0 Å². The van der Waals surface area contributed by atoms with E-state index in [0.717, 1.165) is 25.7 Å². The number of benzene rings is 1. The monoisotopic (exact) mass is 284 g/mol. The van der Waals surface area contributed by atoms with Crippen molar-refractivity contribution in [3.05, 3.63) is 35.4 Å². The first kappa shape index (κ1) is 15.4. The highest BCUT2D eigenvalue weighted by Crippen LogP contribution is 2.22. The third-order valence-electron chi connectivity index (χ3n) is 4.00. The number of rotatable bonds is 4. The molecule has 0 amide bonds. The van der Waals surface area contributed by atoms with Gasteiger partial charge in [-0.25, -0.2) is 8.78 Å². The van der Waals surface area contributed by atoms with E-state index in [9.17, 15) is 13.9 Å². The maximum Gasteiger partial charge on any atom is 0.164 e. The summed E-state index contributed by atoms with van der Waals surface area (Å²) in [5.41, 5.74) is 0.0479. The summed E-state index contributed by atoms with van der Waals surface area (Å²) in [6.45, 7) is 5.76. The molecule has 2 atom stereocenters. The van der Waals surface area contributed by atoms with E-state index in [1.807, 2.05) is 0 Å². The van der Waals surface area contributed by atoms with Crippen LogP contribution in [0, 0.1) is 11.6 Å². The molecule has 5 heteroatoms. The molecule has 0 spiro atoms. The molecule has 2 unspecified atom stereocenters. The van der Waals surface area contributed by atoms with Crippen LogP contribution in [0.5, 0.6) is 0 Å². The van der Waals surface area contributed by atoms with Crippen LogP contribution < -0.4 is 0 Å². The Hall–Kier alpha value is -1.04. The minimum Gasteiger partial charge on any atom is -0.388 e. The summed E-state index contributed by atoms with van der Waals surface area (Å²) in [4.78, 5) is 4.55. The Labute approximate surface area is 118 Å². The van der Waals surface area contributed by atoms with Crippen molar-refractivity contribution in [2.24, 2.45) is 0 Å². The molecule has 0 bridgehead atoms. The van der Waals surface area contributed by atoms with Gasteiger partial charge in [0.2, 0.25) is 0 Å². The Morgan fingerprint density at radius 3 is 2.80 bits per heavy atom. The lowest BCUT2D eigenvalue weighted by atomic mass is 10.0. The fourth-order valence-electron chi connectivity index (χ4n) is 2.73. The van der Waals surface area contributed by atoms with Gasteiger partial charge in [-0.1, -0.05) is 12.1 Å². The van der Waals surface area contributed by atoms with E-state index >= 15 is 0 Å². The molecule has 3 nitrogen and oxygen atoms in total. The van der Waals surface area contributed by atoms with Gasteiger partial charge in [-0.15, -0.1) is 0 Å². The van der Waals surface area contributed by atoms with Gasteiger partial charge >= 0.3 is 0 Å². The molecular formula is C15H22F2N2O. The highest BCUT2D eigenvalue weighted by atomic mass is 19.2. The first-order valence-corrected chi connectivity index (χ1v) is 7.03. The zero-order valence-corrected chi connectivity index (χ0v) is 12.0. The van der Waals surface area contributed by atoms with Gasteiger partial charge in [-0.2, -0.15) is 0 Å². The van der Waals surface area contributed by atoms with E-state index < -0.39 is 17.7 Å². The minimum absolute atomic E-state index is 0.0479.